The van der Waals surface area contributed by atoms with Crippen LogP contribution in [0.5, 0.6) is 5.75 Å². The van der Waals surface area contributed by atoms with Gasteiger partial charge in [-0.05, 0) is 36.5 Å². The smallest absolute Gasteiger partial charge is 0.222 e. The summed E-state index contributed by atoms with van der Waals surface area (Å²) in [5.41, 5.74) is 1.31. The molecule has 0 aromatic heterocycles. The van der Waals surface area contributed by atoms with E-state index >= 15 is 0 Å². The molecule has 0 bridgehead atoms. The molecule has 0 aliphatic carbocycles. The van der Waals surface area contributed by atoms with Crippen LogP contribution < -0.4 is 4.74 Å². The summed E-state index contributed by atoms with van der Waals surface area (Å²) in [5.74, 6) is 2.11. The minimum Gasteiger partial charge on any atom is -0.494 e. The predicted molar refractivity (Wildman–Crippen MR) is 88.2 cm³/mol. The van der Waals surface area contributed by atoms with Gasteiger partial charge >= 0.3 is 0 Å². The summed E-state index contributed by atoms with van der Waals surface area (Å²) in [6.45, 7) is 5.68. The van der Waals surface area contributed by atoms with Crippen molar-refractivity contribution < 1.29 is 9.53 Å². The molecule has 21 heavy (non-hydrogen) atoms. The van der Waals surface area contributed by atoms with E-state index in [0.29, 0.717) is 31.4 Å². The second-order valence-electron chi connectivity index (χ2n) is 5.53. The Kier molecular flexibility index (Phi) is 8.21. The van der Waals surface area contributed by atoms with E-state index < -0.39 is 0 Å². The third-order valence-corrected chi connectivity index (χ3v) is 3.67. The summed E-state index contributed by atoms with van der Waals surface area (Å²) in [6.07, 6.45) is 2.09. The first-order valence-electron chi connectivity index (χ1n) is 7.57. The molecule has 4 heteroatoms. The molecule has 1 rings (SSSR count). The highest BCUT2D eigenvalue weighted by Crippen LogP contribution is 2.18. The van der Waals surface area contributed by atoms with E-state index in [0.717, 1.165) is 18.6 Å². The number of alkyl halides is 1. The minimum absolute atomic E-state index is 0.150. The molecule has 1 aromatic rings. The quantitative estimate of drug-likeness (QED) is 0.508. The summed E-state index contributed by atoms with van der Waals surface area (Å²) in [6, 6.07) is 8.21. The summed E-state index contributed by atoms with van der Waals surface area (Å²) in [5, 5.41) is 0. The zero-order valence-corrected chi connectivity index (χ0v) is 14.0. The molecular formula is C17H26ClNO2. The van der Waals surface area contributed by atoms with Crippen molar-refractivity contribution in [3.05, 3.63) is 29.8 Å². The number of nitrogens with zero attached hydrogens (tertiary/aromatic N) is 1. The van der Waals surface area contributed by atoms with Gasteiger partial charge in [0.1, 0.15) is 5.75 Å². The Morgan fingerprint density at radius 2 is 1.90 bits per heavy atom. The van der Waals surface area contributed by atoms with Crippen molar-refractivity contribution in [3.8, 4) is 5.75 Å². The molecule has 0 atom stereocenters. The number of hydrogen-bond acceptors (Lipinski definition) is 2. The molecule has 0 saturated heterocycles. The van der Waals surface area contributed by atoms with Gasteiger partial charge in [-0.2, -0.15) is 0 Å². The molecule has 0 radical (unpaired) electrons. The van der Waals surface area contributed by atoms with E-state index in [-0.39, 0.29) is 5.91 Å². The van der Waals surface area contributed by atoms with Gasteiger partial charge in [0.2, 0.25) is 5.91 Å². The average Bonchev–Trinajstić information content (AvgIpc) is 2.49. The number of amides is 1. The second-order valence-corrected chi connectivity index (χ2v) is 5.91. The lowest BCUT2D eigenvalue weighted by Crippen LogP contribution is -2.28. The van der Waals surface area contributed by atoms with Crippen LogP contribution in [0.2, 0.25) is 0 Å². The van der Waals surface area contributed by atoms with E-state index in [1.54, 1.807) is 4.90 Å². The monoisotopic (exact) mass is 311 g/mol. The first-order chi connectivity index (χ1) is 10.0. The van der Waals surface area contributed by atoms with E-state index in [9.17, 15) is 4.79 Å². The fraction of sp³-hybridized carbons (Fsp3) is 0.588. The van der Waals surface area contributed by atoms with Crippen molar-refractivity contribution in [2.75, 3.05) is 26.1 Å². The largest absolute Gasteiger partial charge is 0.494 e. The number of halogens is 1. The maximum atomic E-state index is 11.7. The number of carbonyl (C=O) groups is 1. The third-order valence-electron chi connectivity index (χ3n) is 3.40. The fourth-order valence-corrected chi connectivity index (χ4v) is 2.11. The topological polar surface area (TPSA) is 29.5 Å². The average molecular weight is 312 g/mol. The molecule has 0 heterocycles. The second kappa shape index (κ2) is 9.67. The van der Waals surface area contributed by atoms with Crippen molar-refractivity contribution in [2.45, 2.75) is 39.0 Å². The standard InChI is InChI=1S/C17H26ClNO2/c1-14(2)15-7-9-16(10-8-15)21-13-5-12-19(3)17(20)6-4-11-18/h7-10,14H,4-6,11-13H2,1-3H3. The molecule has 0 N–H and O–H groups in total. The molecule has 3 nitrogen and oxygen atoms in total. The fourth-order valence-electron chi connectivity index (χ4n) is 1.97. The van der Waals surface area contributed by atoms with Crippen LogP contribution in [-0.4, -0.2) is 36.9 Å². The Balaban J connectivity index is 2.23. The Morgan fingerprint density at radius 1 is 1.24 bits per heavy atom. The van der Waals surface area contributed by atoms with Crippen molar-refractivity contribution in [1.82, 2.24) is 4.90 Å². The van der Waals surface area contributed by atoms with Gasteiger partial charge in [-0.15, -0.1) is 11.6 Å². The highest BCUT2D eigenvalue weighted by atomic mass is 35.5. The van der Waals surface area contributed by atoms with Crippen molar-refractivity contribution in [1.29, 1.82) is 0 Å². The van der Waals surface area contributed by atoms with Crippen LogP contribution >= 0.6 is 11.6 Å². The normalized spacial score (nSPS) is 10.7. The maximum Gasteiger partial charge on any atom is 0.222 e. The number of benzene rings is 1. The lowest BCUT2D eigenvalue weighted by molar-refractivity contribution is -0.130. The van der Waals surface area contributed by atoms with E-state index in [1.165, 1.54) is 5.56 Å². The molecule has 0 fully saturated rings. The van der Waals surface area contributed by atoms with Gasteiger partial charge in [-0.1, -0.05) is 26.0 Å². The van der Waals surface area contributed by atoms with Crippen molar-refractivity contribution >= 4 is 17.5 Å². The zero-order chi connectivity index (χ0) is 15.7. The number of hydrogen-bond donors (Lipinski definition) is 0. The van der Waals surface area contributed by atoms with Gasteiger partial charge in [0, 0.05) is 25.9 Å². The van der Waals surface area contributed by atoms with Crippen LogP contribution in [0.3, 0.4) is 0 Å². The first-order valence-corrected chi connectivity index (χ1v) is 8.10. The van der Waals surface area contributed by atoms with Crippen LogP contribution in [0, 0.1) is 0 Å². The predicted octanol–water partition coefficient (Wildman–Crippen LogP) is 4.06. The lowest BCUT2D eigenvalue weighted by atomic mass is 10.0. The molecule has 1 amide bonds. The Bertz CT molecular complexity index is 417. The highest BCUT2D eigenvalue weighted by molar-refractivity contribution is 6.17. The molecule has 0 aliphatic rings. The van der Waals surface area contributed by atoms with Crippen LogP contribution in [0.1, 0.15) is 44.6 Å². The van der Waals surface area contributed by atoms with E-state index in [1.807, 2.05) is 19.2 Å². The number of carbonyl (C=O) groups excluding carboxylic acids is 1. The molecule has 0 aliphatic heterocycles. The summed E-state index contributed by atoms with van der Waals surface area (Å²) in [4.78, 5) is 13.4. The van der Waals surface area contributed by atoms with Gasteiger partial charge in [-0.3, -0.25) is 4.79 Å². The first kappa shape index (κ1) is 17.8. The Hall–Kier alpha value is -1.22. The van der Waals surface area contributed by atoms with Gasteiger partial charge in [0.15, 0.2) is 0 Å². The minimum atomic E-state index is 0.150. The van der Waals surface area contributed by atoms with Crippen LogP contribution in [-0.2, 0) is 4.79 Å². The number of rotatable bonds is 9. The molecular weight excluding hydrogens is 286 g/mol. The van der Waals surface area contributed by atoms with E-state index in [2.05, 4.69) is 26.0 Å². The number of ether oxygens (including phenoxy) is 1. The van der Waals surface area contributed by atoms with E-state index in [4.69, 9.17) is 16.3 Å². The molecule has 118 valence electrons. The summed E-state index contributed by atoms with van der Waals surface area (Å²) < 4.78 is 5.69. The lowest BCUT2D eigenvalue weighted by Gasteiger charge is -2.17. The third kappa shape index (κ3) is 6.85. The maximum absolute atomic E-state index is 11.7. The molecule has 0 saturated carbocycles. The van der Waals surface area contributed by atoms with Gasteiger partial charge in [0.05, 0.1) is 6.61 Å². The van der Waals surface area contributed by atoms with Crippen molar-refractivity contribution in [3.63, 3.8) is 0 Å². The molecule has 1 aromatic carbocycles. The van der Waals surface area contributed by atoms with Gasteiger partial charge in [-0.25, -0.2) is 0 Å². The van der Waals surface area contributed by atoms with Gasteiger partial charge < -0.3 is 9.64 Å². The Labute approximate surface area is 133 Å². The molecule has 0 unspecified atom stereocenters. The summed E-state index contributed by atoms with van der Waals surface area (Å²) in [7, 11) is 1.83. The van der Waals surface area contributed by atoms with Crippen molar-refractivity contribution in [2.24, 2.45) is 0 Å². The zero-order valence-electron chi connectivity index (χ0n) is 13.3. The Morgan fingerprint density at radius 3 is 2.48 bits per heavy atom. The highest BCUT2D eigenvalue weighted by Gasteiger charge is 2.07. The van der Waals surface area contributed by atoms with Crippen LogP contribution in [0.15, 0.2) is 24.3 Å². The SMILES string of the molecule is CC(C)c1ccc(OCCCN(C)C(=O)CCCCl)cc1. The molecule has 0 spiro atoms. The summed E-state index contributed by atoms with van der Waals surface area (Å²) >= 11 is 5.58. The van der Waals surface area contributed by atoms with Crippen LogP contribution in [0.25, 0.3) is 0 Å². The van der Waals surface area contributed by atoms with Gasteiger partial charge in [0.25, 0.3) is 0 Å². The van der Waals surface area contributed by atoms with Crippen LogP contribution in [0.4, 0.5) is 0 Å².